The van der Waals surface area contributed by atoms with Crippen LogP contribution in [0.4, 0.5) is 11.4 Å². The second-order valence-electron chi connectivity index (χ2n) is 11.1. The van der Waals surface area contributed by atoms with E-state index in [1.807, 2.05) is 0 Å². The molecule has 0 unspecified atom stereocenters. The van der Waals surface area contributed by atoms with Crippen molar-refractivity contribution in [2.24, 2.45) is 0 Å². The average molecular weight is 498 g/mol. The van der Waals surface area contributed by atoms with Crippen LogP contribution in [0.3, 0.4) is 0 Å². The Morgan fingerprint density at radius 3 is 2.32 bits per heavy atom. The number of benzene rings is 2. The SMILES string of the molecule is COC(=O)CCCCCN1\C(=C/C=C/C=C/C2=[N+](C)c3ccccc3C2(C)C)C(C)(C)c2ccccc21. The first-order chi connectivity index (χ1) is 17.7. The van der Waals surface area contributed by atoms with Gasteiger partial charge in [0.15, 0.2) is 5.71 Å². The first-order valence-corrected chi connectivity index (χ1v) is 13.4. The Morgan fingerprint density at radius 2 is 1.59 bits per heavy atom. The molecule has 194 valence electrons. The molecule has 0 amide bonds. The van der Waals surface area contributed by atoms with Crippen LogP contribution >= 0.6 is 0 Å². The Kier molecular flexibility index (Phi) is 7.87. The van der Waals surface area contributed by atoms with Crippen molar-refractivity contribution in [3.8, 4) is 0 Å². The van der Waals surface area contributed by atoms with Crippen LogP contribution in [-0.2, 0) is 20.4 Å². The van der Waals surface area contributed by atoms with E-state index >= 15 is 0 Å². The van der Waals surface area contributed by atoms with Crippen LogP contribution in [0.25, 0.3) is 0 Å². The van der Waals surface area contributed by atoms with Gasteiger partial charge in [0.05, 0.1) is 12.5 Å². The van der Waals surface area contributed by atoms with Gasteiger partial charge in [-0.25, -0.2) is 0 Å². The maximum absolute atomic E-state index is 11.4. The van der Waals surface area contributed by atoms with Crippen molar-refractivity contribution in [3.05, 3.63) is 95.7 Å². The van der Waals surface area contributed by atoms with Crippen LogP contribution in [0.5, 0.6) is 0 Å². The zero-order valence-corrected chi connectivity index (χ0v) is 23.3. The third-order valence-electron chi connectivity index (χ3n) is 7.96. The fraction of sp³-hybridized carbons (Fsp3) is 0.394. The molecule has 0 saturated carbocycles. The van der Waals surface area contributed by atoms with Gasteiger partial charge in [0.2, 0.25) is 5.69 Å². The molecule has 0 radical (unpaired) electrons. The molecule has 0 spiro atoms. The van der Waals surface area contributed by atoms with Gasteiger partial charge in [0.1, 0.15) is 7.05 Å². The molecule has 0 aromatic heterocycles. The van der Waals surface area contributed by atoms with Crippen molar-refractivity contribution in [2.75, 3.05) is 25.6 Å². The monoisotopic (exact) mass is 497 g/mol. The maximum Gasteiger partial charge on any atom is 0.305 e. The minimum absolute atomic E-state index is 0.0199. The number of hydrogen-bond donors (Lipinski definition) is 0. The Balaban J connectivity index is 1.50. The molecule has 4 heteroatoms. The van der Waals surface area contributed by atoms with E-state index in [0.717, 1.165) is 25.8 Å². The lowest BCUT2D eigenvalue weighted by Gasteiger charge is -2.27. The van der Waals surface area contributed by atoms with Crippen LogP contribution < -0.4 is 4.90 Å². The largest absolute Gasteiger partial charge is 0.469 e. The molecule has 37 heavy (non-hydrogen) atoms. The van der Waals surface area contributed by atoms with Gasteiger partial charge >= 0.3 is 5.97 Å². The van der Waals surface area contributed by atoms with E-state index in [2.05, 4.69) is 123 Å². The molecule has 4 nitrogen and oxygen atoms in total. The second-order valence-corrected chi connectivity index (χ2v) is 11.1. The van der Waals surface area contributed by atoms with Crippen molar-refractivity contribution in [3.63, 3.8) is 0 Å². The molecule has 2 heterocycles. The number of carbonyl (C=O) groups excluding carboxylic acids is 1. The summed E-state index contributed by atoms with van der Waals surface area (Å²) in [6, 6.07) is 17.4. The number of para-hydroxylation sites is 2. The minimum Gasteiger partial charge on any atom is -0.469 e. The molecular formula is C33H41N2O2+. The van der Waals surface area contributed by atoms with E-state index in [0.29, 0.717) is 6.42 Å². The molecule has 0 atom stereocenters. The number of allylic oxidation sites excluding steroid dienone is 6. The number of anilines is 1. The molecule has 2 aliphatic heterocycles. The van der Waals surface area contributed by atoms with Crippen molar-refractivity contribution in [1.82, 2.24) is 0 Å². The summed E-state index contributed by atoms with van der Waals surface area (Å²) < 4.78 is 7.08. The smallest absolute Gasteiger partial charge is 0.305 e. The molecule has 0 aliphatic carbocycles. The quantitative estimate of drug-likeness (QED) is 0.159. The molecular weight excluding hydrogens is 456 g/mol. The number of ether oxygens (including phenoxy) is 1. The number of nitrogens with zero attached hydrogens (tertiary/aromatic N) is 2. The van der Waals surface area contributed by atoms with Crippen molar-refractivity contribution >= 4 is 23.1 Å². The number of carbonyl (C=O) groups is 1. The summed E-state index contributed by atoms with van der Waals surface area (Å²) in [5.41, 5.74) is 7.83. The minimum atomic E-state index is -0.124. The topological polar surface area (TPSA) is 32.5 Å². The number of rotatable bonds is 9. The van der Waals surface area contributed by atoms with Crippen LogP contribution in [0.2, 0.25) is 0 Å². The summed E-state index contributed by atoms with van der Waals surface area (Å²) >= 11 is 0. The maximum atomic E-state index is 11.4. The number of methoxy groups -OCH3 is 1. The normalized spacial score (nSPS) is 18.8. The van der Waals surface area contributed by atoms with Gasteiger partial charge < -0.3 is 9.64 Å². The fourth-order valence-corrected chi connectivity index (χ4v) is 5.86. The summed E-state index contributed by atoms with van der Waals surface area (Å²) in [4.78, 5) is 13.9. The second kappa shape index (κ2) is 10.9. The van der Waals surface area contributed by atoms with Gasteiger partial charge in [0.25, 0.3) is 0 Å². The zero-order valence-electron chi connectivity index (χ0n) is 23.3. The highest BCUT2D eigenvalue weighted by atomic mass is 16.5. The molecule has 2 aromatic rings. The first-order valence-electron chi connectivity index (χ1n) is 13.4. The predicted molar refractivity (Wildman–Crippen MR) is 154 cm³/mol. The van der Waals surface area contributed by atoms with Crippen molar-refractivity contribution in [2.45, 2.75) is 64.2 Å². The highest BCUT2D eigenvalue weighted by molar-refractivity contribution is 6.03. The third-order valence-corrected chi connectivity index (χ3v) is 7.96. The van der Waals surface area contributed by atoms with Gasteiger partial charge in [-0.15, -0.1) is 0 Å². The summed E-state index contributed by atoms with van der Waals surface area (Å²) in [6.45, 7) is 10.1. The number of fused-ring (bicyclic) bond motifs is 2. The Hall–Kier alpha value is -3.40. The van der Waals surface area contributed by atoms with Crippen LogP contribution in [-0.4, -0.2) is 37.0 Å². The van der Waals surface area contributed by atoms with Crippen LogP contribution in [0.15, 0.2) is 84.6 Å². The van der Waals surface area contributed by atoms with E-state index in [1.165, 1.54) is 41.0 Å². The van der Waals surface area contributed by atoms with E-state index in [9.17, 15) is 4.79 Å². The summed E-state index contributed by atoms with van der Waals surface area (Å²) in [5, 5.41) is 0. The number of unbranched alkanes of at least 4 members (excludes halogenated alkanes) is 2. The van der Waals surface area contributed by atoms with E-state index in [1.54, 1.807) is 0 Å². The predicted octanol–water partition coefficient (Wildman–Crippen LogP) is 7.22. The van der Waals surface area contributed by atoms with Crippen LogP contribution in [0, 0.1) is 0 Å². The molecule has 0 bridgehead atoms. The van der Waals surface area contributed by atoms with Gasteiger partial charge in [0, 0.05) is 47.5 Å². The molecule has 4 rings (SSSR count). The van der Waals surface area contributed by atoms with E-state index < -0.39 is 0 Å². The average Bonchev–Trinajstić information content (AvgIpc) is 3.22. The Labute approximate surface area is 222 Å². The Bertz CT molecular complexity index is 1280. The van der Waals surface area contributed by atoms with Crippen molar-refractivity contribution in [1.29, 1.82) is 0 Å². The molecule has 0 N–H and O–H groups in total. The van der Waals surface area contributed by atoms with Crippen molar-refractivity contribution < 1.29 is 14.1 Å². The lowest BCUT2D eigenvalue weighted by Crippen LogP contribution is -2.27. The van der Waals surface area contributed by atoms with Crippen LogP contribution in [0.1, 0.15) is 64.5 Å². The molecule has 2 aliphatic rings. The number of hydrogen-bond acceptors (Lipinski definition) is 3. The summed E-state index contributed by atoms with van der Waals surface area (Å²) in [5.74, 6) is -0.124. The number of esters is 1. The van der Waals surface area contributed by atoms with Gasteiger partial charge in [-0.1, -0.05) is 74.9 Å². The molecule has 0 fully saturated rings. The van der Waals surface area contributed by atoms with Gasteiger partial charge in [-0.05, 0) is 44.4 Å². The highest BCUT2D eigenvalue weighted by Crippen LogP contribution is 2.47. The lowest BCUT2D eigenvalue weighted by atomic mass is 9.81. The van der Waals surface area contributed by atoms with Gasteiger partial charge in [-0.2, -0.15) is 4.58 Å². The first kappa shape index (κ1) is 26.7. The fourth-order valence-electron chi connectivity index (χ4n) is 5.86. The highest BCUT2D eigenvalue weighted by Gasteiger charge is 2.42. The standard InChI is InChI=1S/C33H41N2O2/c1-32(2)25-17-12-14-19-27(25)34(5)29(32)21-9-7-10-22-30-33(3,4)26-18-13-15-20-28(26)35(30)24-16-8-11-23-31(36)37-6/h7,9-10,12-15,17-22H,8,11,16,23-24H2,1-6H3/q+1. The van der Waals surface area contributed by atoms with Gasteiger partial charge in [-0.3, -0.25) is 4.79 Å². The molecule has 2 aromatic carbocycles. The lowest BCUT2D eigenvalue weighted by molar-refractivity contribution is -0.401. The zero-order chi connectivity index (χ0) is 26.6. The van der Waals surface area contributed by atoms with E-state index in [-0.39, 0.29) is 16.8 Å². The Morgan fingerprint density at radius 1 is 0.892 bits per heavy atom. The third kappa shape index (κ3) is 5.20. The van der Waals surface area contributed by atoms with E-state index in [4.69, 9.17) is 4.74 Å². The summed E-state index contributed by atoms with van der Waals surface area (Å²) in [7, 11) is 3.61. The molecule has 0 saturated heterocycles. The summed E-state index contributed by atoms with van der Waals surface area (Å²) in [6.07, 6.45) is 14.4.